The standard InChI is InChI=1S/C9H15NO2S/c1-9(2)7(5-13-9)10-4-6(11)3-8(10)12/h6-7,11H,3-5H2,1-2H3. The van der Waals surface area contributed by atoms with Gasteiger partial charge in [-0.2, -0.15) is 11.8 Å². The molecule has 0 aromatic heterocycles. The van der Waals surface area contributed by atoms with Crippen LogP contribution >= 0.6 is 11.8 Å². The third-order valence-corrected chi connectivity index (χ3v) is 4.43. The van der Waals surface area contributed by atoms with Crippen LogP contribution in [0.25, 0.3) is 0 Å². The highest BCUT2D eigenvalue weighted by Gasteiger charge is 2.47. The van der Waals surface area contributed by atoms with Crippen molar-refractivity contribution in [3.63, 3.8) is 0 Å². The van der Waals surface area contributed by atoms with Crippen LogP contribution in [0.5, 0.6) is 0 Å². The number of carbonyl (C=O) groups is 1. The molecule has 2 fully saturated rings. The van der Waals surface area contributed by atoms with Gasteiger partial charge in [-0.3, -0.25) is 4.79 Å². The van der Waals surface area contributed by atoms with Gasteiger partial charge in [0.2, 0.25) is 5.91 Å². The summed E-state index contributed by atoms with van der Waals surface area (Å²) in [5.74, 6) is 1.14. The summed E-state index contributed by atoms with van der Waals surface area (Å²) in [6.45, 7) is 4.85. The SMILES string of the molecule is CC1(C)SCC1N1CC(O)CC1=O. The van der Waals surface area contributed by atoms with E-state index in [1.807, 2.05) is 16.7 Å². The summed E-state index contributed by atoms with van der Waals surface area (Å²) < 4.78 is 0.180. The van der Waals surface area contributed by atoms with Crippen molar-refractivity contribution >= 4 is 17.7 Å². The molecule has 0 aromatic carbocycles. The van der Waals surface area contributed by atoms with Gasteiger partial charge < -0.3 is 10.0 Å². The number of hydrogen-bond donors (Lipinski definition) is 1. The molecular formula is C9H15NO2S. The molecule has 2 aliphatic rings. The largest absolute Gasteiger partial charge is 0.391 e. The first-order valence-corrected chi connectivity index (χ1v) is 5.61. The van der Waals surface area contributed by atoms with Crippen molar-refractivity contribution in [2.45, 2.75) is 37.2 Å². The molecule has 4 heteroatoms. The van der Waals surface area contributed by atoms with Crippen molar-refractivity contribution < 1.29 is 9.90 Å². The molecule has 0 saturated carbocycles. The second-order valence-corrected chi connectivity index (χ2v) is 6.01. The number of β-amino-alcohol motifs (C(OH)–C–C–N with tert-alkyl or cyclic N) is 1. The summed E-state index contributed by atoms with van der Waals surface area (Å²) in [5.41, 5.74) is 0. The summed E-state index contributed by atoms with van der Waals surface area (Å²) in [4.78, 5) is 13.3. The van der Waals surface area contributed by atoms with Crippen LogP contribution in [0.1, 0.15) is 20.3 Å². The first-order valence-electron chi connectivity index (χ1n) is 4.62. The molecule has 0 radical (unpaired) electrons. The predicted octanol–water partition coefficient (Wildman–Crippen LogP) is 0.474. The maximum Gasteiger partial charge on any atom is 0.225 e. The van der Waals surface area contributed by atoms with E-state index in [0.717, 1.165) is 5.75 Å². The van der Waals surface area contributed by atoms with Crippen molar-refractivity contribution in [2.24, 2.45) is 0 Å². The zero-order chi connectivity index (χ0) is 9.64. The van der Waals surface area contributed by atoms with E-state index in [1.54, 1.807) is 0 Å². The molecule has 2 saturated heterocycles. The van der Waals surface area contributed by atoms with Crippen LogP contribution in [0.15, 0.2) is 0 Å². The summed E-state index contributed by atoms with van der Waals surface area (Å²) >= 11 is 1.89. The molecule has 1 amide bonds. The third-order valence-electron chi connectivity index (χ3n) is 2.93. The average molecular weight is 201 g/mol. The van der Waals surface area contributed by atoms with Gasteiger partial charge in [0, 0.05) is 17.0 Å². The summed E-state index contributed by atoms with van der Waals surface area (Å²) in [6.07, 6.45) is -0.119. The highest BCUT2D eigenvalue weighted by atomic mass is 32.2. The smallest absolute Gasteiger partial charge is 0.225 e. The Morgan fingerprint density at radius 2 is 2.31 bits per heavy atom. The third kappa shape index (κ3) is 1.46. The van der Waals surface area contributed by atoms with Gasteiger partial charge in [0.15, 0.2) is 0 Å². The molecule has 2 unspecified atom stereocenters. The normalized spacial score (nSPS) is 37.8. The molecule has 2 rings (SSSR count). The molecule has 74 valence electrons. The van der Waals surface area contributed by atoms with E-state index < -0.39 is 6.10 Å². The Morgan fingerprint density at radius 3 is 2.62 bits per heavy atom. The van der Waals surface area contributed by atoms with Gasteiger partial charge in [0.25, 0.3) is 0 Å². The number of likely N-dealkylation sites (tertiary alicyclic amines) is 1. The van der Waals surface area contributed by atoms with E-state index in [-0.39, 0.29) is 10.7 Å². The summed E-state index contributed by atoms with van der Waals surface area (Å²) in [5, 5.41) is 9.34. The minimum absolute atomic E-state index is 0.117. The van der Waals surface area contributed by atoms with Crippen molar-refractivity contribution in [1.82, 2.24) is 4.90 Å². The average Bonchev–Trinajstić information content (AvgIpc) is 2.29. The lowest BCUT2D eigenvalue weighted by molar-refractivity contribution is -0.130. The molecule has 13 heavy (non-hydrogen) atoms. The lowest BCUT2D eigenvalue weighted by Crippen LogP contribution is -2.57. The summed E-state index contributed by atoms with van der Waals surface area (Å²) in [7, 11) is 0. The number of thioether (sulfide) groups is 1. The Balaban J connectivity index is 2.06. The summed E-state index contributed by atoms with van der Waals surface area (Å²) in [6, 6.07) is 0.335. The minimum Gasteiger partial charge on any atom is -0.391 e. The van der Waals surface area contributed by atoms with Crippen LogP contribution in [0.3, 0.4) is 0 Å². The van der Waals surface area contributed by atoms with E-state index in [1.165, 1.54) is 0 Å². The van der Waals surface area contributed by atoms with Gasteiger partial charge in [-0.15, -0.1) is 0 Å². The van der Waals surface area contributed by atoms with Crippen LogP contribution in [0.2, 0.25) is 0 Å². The zero-order valence-electron chi connectivity index (χ0n) is 7.99. The molecular weight excluding hydrogens is 186 g/mol. The molecule has 2 aliphatic heterocycles. The van der Waals surface area contributed by atoms with Crippen LogP contribution in [0, 0.1) is 0 Å². The van der Waals surface area contributed by atoms with Gasteiger partial charge >= 0.3 is 0 Å². The molecule has 0 spiro atoms. The Hall–Kier alpha value is -0.220. The monoisotopic (exact) mass is 201 g/mol. The Bertz CT molecular complexity index is 242. The highest BCUT2D eigenvalue weighted by molar-refractivity contribution is 8.02. The Morgan fingerprint density at radius 1 is 1.62 bits per heavy atom. The van der Waals surface area contributed by atoms with Gasteiger partial charge in [0.05, 0.1) is 18.6 Å². The highest BCUT2D eigenvalue weighted by Crippen LogP contribution is 2.44. The minimum atomic E-state index is -0.436. The molecule has 2 heterocycles. The fraction of sp³-hybridized carbons (Fsp3) is 0.889. The van der Waals surface area contributed by atoms with Gasteiger partial charge in [0.1, 0.15) is 0 Å². The number of carbonyl (C=O) groups excluding carboxylic acids is 1. The van der Waals surface area contributed by atoms with Crippen molar-refractivity contribution in [2.75, 3.05) is 12.3 Å². The number of nitrogens with zero attached hydrogens (tertiary/aromatic N) is 1. The molecule has 3 nitrogen and oxygen atoms in total. The molecule has 0 bridgehead atoms. The Kier molecular flexibility index (Phi) is 2.07. The number of aliphatic hydroxyl groups is 1. The predicted molar refractivity (Wildman–Crippen MR) is 52.7 cm³/mol. The van der Waals surface area contributed by atoms with Crippen LogP contribution in [-0.2, 0) is 4.79 Å². The quantitative estimate of drug-likeness (QED) is 0.670. The van der Waals surface area contributed by atoms with Gasteiger partial charge in [-0.05, 0) is 13.8 Å². The molecule has 1 N–H and O–H groups in total. The van der Waals surface area contributed by atoms with E-state index in [9.17, 15) is 9.90 Å². The second-order valence-electron chi connectivity index (χ2n) is 4.33. The lowest BCUT2D eigenvalue weighted by Gasteiger charge is -2.48. The first kappa shape index (κ1) is 9.34. The van der Waals surface area contributed by atoms with E-state index in [2.05, 4.69) is 13.8 Å². The van der Waals surface area contributed by atoms with Crippen molar-refractivity contribution in [3.8, 4) is 0 Å². The lowest BCUT2D eigenvalue weighted by atomic mass is 10.0. The number of rotatable bonds is 1. The topological polar surface area (TPSA) is 40.5 Å². The van der Waals surface area contributed by atoms with Crippen molar-refractivity contribution in [3.05, 3.63) is 0 Å². The number of hydrogen-bond acceptors (Lipinski definition) is 3. The van der Waals surface area contributed by atoms with Gasteiger partial charge in [-0.25, -0.2) is 0 Å². The number of aliphatic hydroxyl groups excluding tert-OH is 1. The molecule has 0 aliphatic carbocycles. The maximum atomic E-state index is 11.5. The van der Waals surface area contributed by atoms with Gasteiger partial charge in [-0.1, -0.05) is 0 Å². The van der Waals surface area contributed by atoms with Crippen LogP contribution in [-0.4, -0.2) is 45.1 Å². The van der Waals surface area contributed by atoms with Crippen molar-refractivity contribution in [1.29, 1.82) is 0 Å². The Labute approximate surface area is 82.5 Å². The fourth-order valence-corrected chi connectivity index (χ4v) is 3.26. The van der Waals surface area contributed by atoms with E-state index >= 15 is 0 Å². The molecule has 2 atom stereocenters. The maximum absolute atomic E-state index is 11.5. The second kappa shape index (κ2) is 2.89. The zero-order valence-corrected chi connectivity index (χ0v) is 8.80. The fourth-order valence-electron chi connectivity index (χ4n) is 1.97. The van der Waals surface area contributed by atoms with E-state index in [4.69, 9.17) is 0 Å². The number of amides is 1. The van der Waals surface area contributed by atoms with Crippen LogP contribution in [0.4, 0.5) is 0 Å². The first-order chi connectivity index (χ1) is 6.00. The van der Waals surface area contributed by atoms with Crippen LogP contribution < -0.4 is 0 Å². The molecule has 0 aromatic rings. The van der Waals surface area contributed by atoms with E-state index in [0.29, 0.717) is 19.0 Å².